The molecule has 3 N–H and O–H groups in total. The highest BCUT2D eigenvalue weighted by molar-refractivity contribution is 5.74. The maximum atomic E-state index is 14.3. The van der Waals surface area contributed by atoms with Crippen molar-refractivity contribution >= 4 is 11.0 Å². The van der Waals surface area contributed by atoms with Crippen LogP contribution >= 0.6 is 0 Å². The lowest BCUT2D eigenvalue weighted by Gasteiger charge is -2.39. The highest BCUT2D eigenvalue weighted by Crippen LogP contribution is 2.45. The summed E-state index contributed by atoms with van der Waals surface area (Å²) in [5, 5.41) is 9.38. The van der Waals surface area contributed by atoms with E-state index in [1.165, 1.54) is 0 Å². The Labute approximate surface area is 178 Å². The predicted octanol–water partition coefficient (Wildman–Crippen LogP) is 4.54. The first-order chi connectivity index (χ1) is 14.5. The Morgan fingerprint density at radius 2 is 1.97 bits per heavy atom. The third kappa shape index (κ3) is 3.86. The molecule has 162 valence electrons. The zero-order valence-corrected chi connectivity index (χ0v) is 17.3. The van der Waals surface area contributed by atoms with Gasteiger partial charge in [0.15, 0.2) is 0 Å². The number of imidazole rings is 1. The van der Waals surface area contributed by atoms with Gasteiger partial charge in [0.25, 0.3) is 0 Å². The first-order valence-electron chi connectivity index (χ1n) is 10.0. The number of benzene rings is 2. The molecule has 1 aliphatic rings. The molecule has 0 saturated heterocycles. The van der Waals surface area contributed by atoms with Gasteiger partial charge < -0.3 is 15.5 Å². The fourth-order valence-electron chi connectivity index (χ4n) is 4.41. The monoisotopic (exact) mass is 428 g/mol. The van der Waals surface area contributed by atoms with E-state index in [1.54, 1.807) is 50.2 Å². The van der Waals surface area contributed by atoms with Gasteiger partial charge in [-0.05, 0) is 41.7 Å². The van der Waals surface area contributed by atoms with Gasteiger partial charge in [0.05, 0.1) is 29.3 Å². The van der Waals surface area contributed by atoms with E-state index in [4.69, 9.17) is 10.5 Å². The maximum absolute atomic E-state index is 14.3. The van der Waals surface area contributed by atoms with Crippen molar-refractivity contribution in [1.29, 1.82) is 5.26 Å². The molecular weight excluding hydrogens is 405 g/mol. The number of nitrogens with two attached hydrogens (primary N) is 1. The molecule has 0 fully saturated rings. The number of nitriles is 1. The number of hydrogen-bond donors (Lipinski definition) is 2. The first-order valence-corrected chi connectivity index (χ1v) is 10.0. The molecule has 2 aromatic carbocycles. The van der Waals surface area contributed by atoms with Crippen molar-refractivity contribution in [2.24, 2.45) is 5.73 Å². The summed E-state index contributed by atoms with van der Waals surface area (Å²) in [7, 11) is 0. The summed E-state index contributed by atoms with van der Waals surface area (Å²) in [5.74, 6) is 0.751. The van der Waals surface area contributed by atoms with Crippen LogP contribution in [0.25, 0.3) is 11.0 Å². The number of para-hydroxylation sites is 2. The van der Waals surface area contributed by atoms with Crippen LogP contribution in [0.2, 0.25) is 0 Å². The number of H-pyrrole nitrogens is 1. The zero-order chi connectivity index (χ0) is 22.4. The fraction of sp³-hybridized carbons (Fsp3) is 0.391. The van der Waals surface area contributed by atoms with Gasteiger partial charge in [0, 0.05) is 18.4 Å². The smallest absolute Gasteiger partial charge is 0.406 e. The third-order valence-corrected chi connectivity index (χ3v) is 5.89. The van der Waals surface area contributed by atoms with Gasteiger partial charge in [0.2, 0.25) is 0 Å². The van der Waals surface area contributed by atoms with Crippen LogP contribution in [0.3, 0.4) is 0 Å². The van der Waals surface area contributed by atoms with Gasteiger partial charge in [-0.1, -0.05) is 26.0 Å². The summed E-state index contributed by atoms with van der Waals surface area (Å²) in [6.07, 6.45) is -4.93. The average molecular weight is 428 g/mol. The Kier molecular flexibility index (Phi) is 4.97. The van der Waals surface area contributed by atoms with Crippen LogP contribution < -0.4 is 10.5 Å². The Balaban J connectivity index is 1.72. The van der Waals surface area contributed by atoms with E-state index in [-0.39, 0.29) is 5.82 Å². The van der Waals surface area contributed by atoms with Crippen LogP contribution in [0.4, 0.5) is 13.2 Å². The summed E-state index contributed by atoms with van der Waals surface area (Å²) >= 11 is 0. The van der Waals surface area contributed by atoms with Crippen molar-refractivity contribution in [1.82, 2.24) is 9.97 Å². The molecule has 4 rings (SSSR count). The molecule has 0 aliphatic carbocycles. The number of alkyl halides is 3. The lowest BCUT2D eigenvalue weighted by Crippen LogP contribution is -2.58. The van der Waals surface area contributed by atoms with Crippen molar-refractivity contribution in [3.8, 4) is 11.8 Å². The number of rotatable bonds is 5. The second kappa shape index (κ2) is 7.27. The lowest BCUT2D eigenvalue weighted by molar-refractivity contribution is -0.191. The molecule has 1 aromatic heterocycles. The van der Waals surface area contributed by atoms with E-state index in [0.717, 1.165) is 5.56 Å². The van der Waals surface area contributed by atoms with E-state index in [1.807, 2.05) is 0 Å². The molecule has 0 saturated carbocycles. The number of ether oxygens (including phenoxy) is 1. The molecule has 2 heterocycles. The van der Waals surface area contributed by atoms with E-state index < -0.39 is 30.0 Å². The molecule has 0 spiro atoms. The zero-order valence-electron chi connectivity index (χ0n) is 17.3. The van der Waals surface area contributed by atoms with Gasteiger partial charge >= 0.3 is 6.18 Å². The van der Waals surface area contributed by atoms with E-state index >= 15 is 0 Å². The van der Waals surface area contributed by atoms with Crippen molar-refractivity contribution < 1.29 is 17.9 Å². The van der Waals surface area contributed by atoms with Gasteiger partial charge in [-0.15, -0.1) is 0 Å². The molecule has 0 amide bonds. The van der Waals surface area contributed by atoms with Crippen LogP contribution in [0.15, 0.2) is 36.4 Å². The number of nitrogens with one attached hydrogen (secondary N) is 1. The summed E-state index contributed by atoms with van der Waals surface area (Å²) in [6.45, 7) is 3.86. The molecule has 0 radical (unpaired) electrons. The Bertz CT molecular complexity index is 1140. The second-order valence-corrected chi connectivity index (χ2v) is 8.81. The molecule has 8 heteroatoms. The van der Waals surface area contributed by atoms with Gasteiger partial charge in [-0.3, -0.25) is 0 Å². The summed E-state index contributed by atoms with van der Waals surface area (Å²) in [6, 6.07) is 12.5. The molecule has 1 atom stereocenters. The normalized spacial score (nSPS) is 15.9. The molecule has 3 aromatic rings. The van der Waals surface area contributed by atoms with Crippen molar-refractivity contribution in [3.05, 3.63) is 58.9 Å². The Morgan fingerprint density at radius 3 is 2.65 bits per heavy atom. The SMILES string of the molecule is CC(C)(CC(N)(Cc1nc2ccccc2[nH]1)C(F)(F)F)c1cc(C#N)cc2c1OCC2. The summed E-state index contributed by atoms with van der Waals surface area (Å²) in [5.41, 5.74) is 5.61. The van der Waals surface area contributed by atoms with Crippen LogP contribution in [-0.2, 0) is 18.3 Å². The largest absolute Gasteiger partial charge is 0.493 e. The minimum Gasteiger partial charge on any atom is -0.493 e. The molecule has 1 unspecified atom stereocenters. The van der Waals surface area contributed by atoms with Crippen LogP contribution in [-0.4, -0.2) is 28.3 Å². The molecule has 1 aliphatic heterocycles. The average Bonchev–Trinajstić information content (AvgIpc) is 3.31. The lowest BCUT2D eigenvalue weighted by atomic mass is 9.71. The van der Waals surface area contributed by atoms with Crippen molar-refractivity contribution in [2.45, 2.75) is 50.2 Å². The minimum atomic E-state index is -4.67. The number of hydrogen-bond acceptors (Lipinski definition) is 4. The Morgan fingerprint density at radius 1 is 1.23 bits per heavy atom. The standard InChI is InChI=1S/C23H23F3N4O/c1-21(2,16-10-14(12-27)9-15-7-8-31-20(15)16)13-22(28,23(24,25)26)11-19-29-17-5-3-4-6-18(17)30-19/h3-6,9-10H,7-8,11,13,28H2,1-2H3,(H,29,30). The second-order valence-electron chi connectivity index (χ2n) is 8.81. The van der Waals surface area contributed by atoms with Crippen molar-refractivity contribution in [3.63, 3.8) is 0 Å². The molecule has 31 heavy (non-hydrogen) atoms. The number of halogens is 3. The Hall–Kier alpha value is -3.05. The quantitative estimate of drug-likeness (QED) is 0.625. The highest BCUT2D eigenvalue weighted by Gasteiger charge is 2.55. The number of aromatic amines is 1. The fourth-order valence-corrected chi connectivity index (χ4v) is 4.41. The molecule has 0 bridgehead atoms. The maximum Gasteiger partial charge on any atom is 0.406 e. The van der Waals surface area contributed by atoms with E-state index in [9.17, 15) is 18.4 Å². The van der Waals surface area contributed by atoms with E-state index in [2.05, 4.69) is 16.0 Å². The van der Waals surface area contributed by atoms with Crippen LogP contribution in [0, 0.1) is 11.3 Å². The summed E-state index contributed by atoms with van der Waals surface area (Å²) in [4.78, 5) is 7.25. The molecular formula is C23H23F3N4O. The van der Waals surface area contributed by atoms with Gasteiger partial charge in [-0.2, -0.15) is 18.4 Å². The minimum absolute atomic E-state index is 0.184. The predicted molar refractivity (Wildman–Crippen MR) is 111 cm³/mol. The van der Waals surface area contributed by atoms with Crippen LogP contribution in [0.5, 0.6) is 5.75 Å². The van der Waals surface area contributed by atoms with Crippen molar-refractivity contribution in [2.75, 3.05) is 6.61 Å². The molecule has 5 nitrogen and oxygen atoms in total. The highest BCUT2D eigenvalue weighted by atomic mass is 19.4. The van der Waals surface area contributed by atoms with E-state index in [0.29, 0.717) is 40.9 Å². The van der Waals surface area contributed by atoms with Crippen LogP contribution in [0.1, 0.15) is 42.8 Å². The number of nitrogens with zero attached hydrogens (tertiary/aromatic N) is 2. The number of fused-ring (bicyclic) bond motifs is 2. The van der Waals surface area contributed by atoms with Gasteiger partial charge in [0.1, 0.15) is 17.1 Å². The van der Waals surface area contributed by atoms with Gasteiger partial charge in [-0.25, -0.2) is 4.98 Å². The topological polar surface area (TPSA) is 87.7 Å². The third-order valence-electron chi connectivity index (χ3n) is 5.89. The number of aromatic nitrogens is 2. The first kappa shape index (κ1) is 21.2. The summed E-state index contributed by atoms with van der Waals surface area (Å²) < 4.78 is 48.5.